The molecule has 3 rings (SSSR count). The number of hydrogen-bond acceptors (Lipinski definition) is 4. The van der Waals surface area contributed by atoms with Gasteiger partial charge in [0.1, 0.15) is 5.69 Å². The predicted octanol–water partition coefficient (Wildman–Crippen LogP) is -0.219. The van der Waals surface area contributed by atoms with E-state index in [-0.39, 0.29) is 5.69 Å². The molecule has 0 amide bonds. The topological polar surface area (TPSA) is 72.8 Å². The van der Waals surface area contributed by atoms with E-state index in [0.717, 1.165) is 24.0 Å². The van der Waals surface area contributed by atoms with Crippen molar-refractivity contribution in [3.63, 3.8) is 0 Å². The van der Waals surface area contributed by atoms with Crippen LogP contribution >= 0.6 is 0 Å². The number of fused-ring (bicyclic) bond motifs is 1. The average molecular weight is 303 g/mol. The Hall–Kier alpha value is -2.41. The fourth-order valence-electron chi connectivity index (χ4n) is 3.06. The minimum Gasteiger partial charge on any atom is -0.354 e. The van der Waals surface area contributed by atoms with E-state index >= 15 is 0 Å². The Morgan fingerprint density at radius 1 is 1.23 bits per heavy atom. The van der Waals surface area contributed by atoms with E-state index < -0.39 is 10.5 Å². The molecule has 2 aromatic rings. The number of hydrogen-bond donors (Lipinski definition) is 1. The quantitative estimate of drug-likeness (QED) is 0.615. The molecule has 0 spiro atoms. The Kier molecular flexibility index (Phi) is 3.58. The zero-order valence-corrected chi connectivity index (χ0v) is 12.7. The number of aryl methyl sites for hydroxylation is 1. The number of benzene rings is 1. The van der Waals surface area contributed by atoms with Gasteiger partial charge in [-0.1, -0.05) is 18.2 Å². The minimum atomic E-state index is -0.551. The first-order valence-corrected chi connectivity index (χ1v) is 7.33. The Bertz CT molecular complexity index is 791. The van der Waals surface area contributed by atoms with E-state index in [1.165, 1.54) is 9.47 Å². The number of nitro groups is 1. The summed E-state index contributed by atoms with van der Waals surface area (Å²) in [6, 6.07) is 7.36. The molecular weight excluding hydrogens is 284 g/mol. The van der Waals surface area contributed by atoms with Gasteiger partial charge in [-0.15, -0.1) is 0 Å². The van der Waals surface area contributed by atoms with E-state index in [4.69, 9.17) is 0 Å². The van der Waals surface area contributed by atoms with Crippen molar-refractivity contribution in [2.45, 2.75) is 0 Å². The second-order valence-electron chi connectivity index (χ2n) is 5.78. The van der Waals surface area contributed by atoms with Gasteiger partial charge in [-0.3, -0.25) is 14.9 Å². The van der Waals surface area contributed by atoms with Crippen LogP contribution in [-0.4, -0.2) is 42.7 Å². The number of likely N-dealkylation sites (N-methyl/N-ethyl adjacent to an activating group) is 1. The van der Waals surface area contributed by atoms with Crippen molar-refractivity contribution in [1.29, 1.82) is 0 Å². The highest BCUT2D eigenvalue weighted by Crippen LogP contribution is 2.33. The van der Waals surface area contributed by atoms with Crippen LogP contribution in [0.1, 0.15) is 0 Å². The highest BCUT2D eigenvalue weighted by atomic mass is 16.6. The van der Waals surface area contributed by atoms with Crippen molar-refractivity contribution in [2.24, 2.45) is 7.05 Å². The summed E-state index contributed by atoms with van der Waals surface area (Å²) < 4.78 is 1.36. The van der Waals surface area contributed by atoms with Crippen molar-refractivity contribution in [3.05, 3.63) is 44.7 Å². The summed E-state index contributed by atoms with van der Waals surface area (Å²) in [6.07, 6.45) is 0. The van der Waals surface area contributed by atoms with Crippen LogP contribution in [0.5, 0.6) is 0 Å². The zero-order chi connectivity index (χ0) is 15.9. The van der Waals surface area contributed by atoms with Gasteiger partial charge in [0.15, 0.2) is 0 Å². The molecule has 1 fully saturated rings. The van der Waals surface area contributed by atoms with Crippen LogP contribution in [0.15, 0.2) is 29.1 Å². The molecule has 0 bridgehead atoms. The average Bonchev–Trinajstić information content (AvgIpc) is 2.51. The van der Waals surface area contributed by atoms with Gasteiger partial charge in [0.05, 0.1) is 43.7 Å². The van der Waals surface area contributed by atoms with Crippen molar-refractivity contribution in [3.8, 4) is 0 Å². The summed E-state index contributed by atoms with van der Waals surface area (Å²) in [6.45, 7) is 3.23. The molecule has 22 heavy (non-hydrogen) atoms. The summed E-state index contributed by atoms with van der Waals surface area (Å²) in [4.78, 5) is 26.8. The Morgan fingerprint density at radius 2 is 1.86 bits per heavy atom. The monoisotopic (exact) mass is 303 g/mol. The first kappa shape index (κ1) is 14.5. The number of piperazine rings is 1. The zero-order valence-electron chi connectivity index (χ0n) is 12.7. The molecule has 0 atom stereocenters. The summed E-state index contributed by atoms with van der Waals surface area (Å²) in [5, 5.41) is 12.3. The van der Waals surface area contributed by atoms with Crippen LogP contribution < -0.4 is 15.4 Å². The van der Waals surface area contributed by atoms with Gasteiger partial charge < -0.3 is 14.4 Å². The maximum Gasteiger partial charge on any atom is 0.357 e. The standard InChI is InChI=1S/C15H18N4O3/c1-16-7-9-18(10-8-16)13-11-5-3-4-6-12(11)17(2)15(20)14(13)19(21)22/h3-6H,7-10H2,1-2H3/p+1. The summed E-state index contributed by atoms with van der Waals surface area (Å²) in [5.41, 5.74) is 0.321. The molecule has 1 aliphatic heterocycles. The van der Waals surface area contributed by atoms with Crippen molar-refractivity contribution < 1.29 is 9.82 Å². The second-order valence-corrected chi connectivity index (χ2v) is 5.78. The van der Waals surface area contributed by atoms with E-state index in [2.05, 4.69) is 7.05 Å². The number of para-hydroxylation sites is 1. The lowest BCUT2D eigenvalue weighted by atomic mass is 10.1. The molecule has 0 unspecified atom stereocenters. The van der Waals surface area contributed by atoms with Crippen LogP contribution in [0.25, 0.3) is 10.9 Å². The predicted molar refractivity (Wildman–Crippen MR) is 84.7 cm³/mol. The van der Waals surface area contributed by atoms with Crippen molar-refractivity contribution >= 4 is 22.3 Å². The van der Waals surface area contributed by atoms with Gasteiger partial charge in [-0.25, -0.2) is 0 Å². The molecule has 0 saturated carbocycles. The molecule has 0 radical (unpaired) electrons. The molecular formula is C15H19N4O3+. The number of aromatic nitrogens is 1. The van der Waals surface area contributed by atoms with E-state index in [0.29, 0.717) is 18.8 Å². The van der Waals surface area contributed by atoms with E-state index in [1.807, 2.05) is 29.2 Å². The first-order chi connectivity index (χ1) is 10.5. The maximum absolute atomic E-state index is 12.4. The molecule has 1 N–H and O–H groups in total. The lowest BCUT2D eigenvalue weighted by Crippen LogP contribution is -3.12. The highest BCUT2D eigenvalue weighted by molar-refractivity contribution is 5.96. The van der Waals surface area contributed by atoms with Gasteiger partial charge in [-0.2, -0.15) is 0 Å². The van der Waals surface area contributed by atoms with Gasteiger partial charge in [0.25, 0.3) is 0 Å². The largest absolute Gasteiger partial charge is 0.357 e. The van der Waals surface area contributed by atoms with Crippen LogP contribution in [0.2, 0.25) is 0 Å². The van der Waals surface area contributed by atoms with Crippen LogP contribution in [0, 0.1) is 10.1 Å². The molecule has 1 saturated heterocycles. The first-order valence-electron chi connectivity index (χ1n) is 7.33. The third-order valence-electron chi connectivity index (χ3n) is 4.37. The molecule has 2 heterocycles. The minimum absolute atomic E-state index is 0.319. The van der Waals surface area contributed by atoms with Gasteiger partial charge in [0, 0.05) is 12.4 Å². The molecule has 7 nitrogen and oxygen atoms in total. The molecule has 1 aromatic heterocycles. The molecule has 1 aromatic carbocycles. The molecule has 0 aliphatic carbocycles. The van der Waals surface area contributed by atoms with Crippen LogP contribution in [0.3, 0.4) is 0 Å². The molecule has 1 aliphatic rings. The normalized spacial score (nSPS) is 16.2. The van der Waals surface area contributed by atoms with Gasteiger partial charge in [-0.05, 0) is 6.07 Å². The summed E-state index contributed by atoms with van der Waals surface area (Å²) >= 11 is 0. The Balaban J connectivity index is 2.31. The SMILES string of the molecule is Cn1c(=O)c([N+](=O)[O-])c(N2CC[NH+](C)CC2)c2ccccc21. The number of anilines is 1. The number of nitrogens with zero attached hydrogens (tertiary/aromatic N) is 3. The smallest absolute Gasteiger partial charge is 0.354 e. The number of nitrogens with one attached hydrogen (secondary N) is 1. The number of rotatable bonds is 2. The van der Waals surface area contributed by atoms with Crippen molar-refractivity contribution in [1.82, 2.24) is 4.57 Å². The van der Waals surface area contributed by atoms with Gasteiger partial charge >= 0.3 is 11.2 Å². The third-order valence-corrected chi connectivity index (χ3v) is 4.37. The molecule has 7 heteroatoms. The highest BCUT2D eigenvalue weighted by Gasteiger charge is 2.30. The maximum atomic E-state index is 12.4. The number of pyridine rings is 1. The third kappa shape index (κ3) is 2.23. The summed E-state index contributed by atoms with van der Waals surface area (Å²) in [7, 11) is 3.68. The second kappa shape index (κ2) is 5.42. The molecule has 116 valence electrons. The summed E-state index contributed by atoms with van der Waals surface area (Å²) in [5.74, 6) is 0. The Labute approximate surface area is 127 Å². The van der Waals surface area contributed by atoms with E-state index in [9.17, 15) is 14.9 Å². The lowest BCUT2D eigenvalue weighted by molar-refractivity contribution is -0.880. The Morgan fingerprint density at radius 3 is 2.50 bits per heavy atom. The fourth-order valence-corrected chi connectivity index (χ4v) is 3.06. The van der Waals surface area contributed by atoms with Crippen LogP contribution in [-0.2, 0) is 7.05 Å². The van der Waals surface area contributed by atoms with Crippen molar-refractivity contribution in [2.75, 3.05) is 38.1 Å². The number of quaternary nitrogens is 1. The lowest BCUT2D eigenvalue weighted by Gasteiger charge is -2.32. The fraction of sp³-hybridized carbons (Fsp3) is 0.400. The van der Waals surface area contributed by atoms with Gasteiger partial charge in [0.2, 0.25) is 0 Å². The van der Waals surface area contributed by atoms with Crippen LogP contribution in [0.4, 0.5) is 11.4 Å². The van der Waals surface area contributed by atoms with E-state index in [1.54, 1.807) is 7.05 Å².